The van der Waals surface area contributed by atoms with Gasteiger partial charge in [0.1, 0.15) is 0 Å². The van der Waals surface area contributed by atoms with Gasteiger partial charge in [0.2, 0.25) is 0 Å². The molecule has 1 rings (SSSR count). The number of aryl methyl sites for hydroxylation is 1. The maximum atomic E-state index is 10.7. The monoisotopic (exact) mass is 216 g/mol. The molecule has 0 unspecified atom stereocenters. The number of hydrogen-bond donors (Lipinski definition) is 0. The standard InChI is InChI=1S/C9H12OSe/c1-3-8-4-5-9(11-8)6-7(2)10/h4-5H,3,6H2,1-2H3. The fraction of sp³-hybridized carbons (Fsp3) is 0.444. The summed E-state index contributed by atoms with van der Waals surface area (Å²) >= 11 is 0.487. The van der Waals surface area contributed by atoms with E-state index >= 15 is 0 Å². The summed E-state index contributed by atoms with van der Waals surface area (Å²) in [5, 5.41) is 0. The Morgan fingerprint density at radius 1 is 1.45 bits per heavy atom. The van der Waals surface area contributed by atoms with Crippen LogP contribution in [0.15, 0.2) is 12.1 Å². The molecule has 0 saturated heterocycles. The van der Waals surface area contributed by atoms with E-state index in [2.05, 4.69) is 19.1 Å². The molecule has 0 radical (unpaired) electrons. The van der Waals surface area contributed by atoms with Crippen molar-refractivity contribution in [3.05, 3.63) is 21.0 Å². The van der Waals surface area contributed by atoms with Gasteiger partial charge in [0, 0.05) is 0 Å². The molecule has 0 bridgehead atoms. The third-order valence-corrected chi connectivity index (χ3v) is 4.07. The first-order valence-electron chi connectivity index (χ1n) is 3.79. The first kappa shape index (κ1) is 8.76. The van der Waals surface area contributed by atoms with Crippen molar-refractivity contribution in [3.63, 3.8) is 0 Å². The molecule has 11 heavy (non-hydrogen) atoms. The van der Waals surface area contributed by atoms with Gasteiger partial charge in [-0.05, 0) is 0 Å². The SMILES string of the molecule is CCc1ccc(CC(C)=O)[se]1. The summed E-state index contributed by atoms with van der Waals surface area (Å²) in [5.74, 6) is 0.281. The third kappa shape index (κ3) is 2.64. The van der Waals surface area contributed by atoms with Gasteiger partial charge < -0.3 is 0 Å². The van der Waals surface area contributed by atoms with E-state index < -0.39 is 0 Å². The first-order chi connectivity index (χ1) is 5.22. The van der Waals surface area contributed by atoms with E-state index in [1.165, 1.54) is 8.87 Å². The van der Waals surface area contributed by atoms with Crippen LogP contribution < -0.4 is 0 Å². The predicted molar refractivity (Wildman–Crippen MR) is 47.1 cm³/mol. The molecule has 0 aromatic carbocycles. The van der Waals surface area contributed by atoms with Gasteiger partial charge in [0.25, 0.3) is 0 Å². The van der Waals surface area contributed by atoms with Gasteiger partial charge in [-0.3, -0.25) is 0 Å². The van der Waals surface area contributed by atoms with Crippen LogP contribution in [0.2, 0.25) is 0 Å². The van der Waals surface area contributed by atoms with Crippen molar-refractivity contribution < 1.29 is 4.79 Å². The zero-order valence-electron chi connectivity index (χ0n) is 6.89. The molecular weight excluding hydrogens is 203 g/mol. The summed E-state index contributed by atoms with van der Waals surface area (Å²) in [7, 11) is 0. The number of carbonyl (C=O) groups excluding carboxylic acids is 1. The first-order valence-corrected chi connectivity index (χ1v) is 5.50. The average molecular weight is 215 g/mol. The van der Waals surface area contributed by atoms with Crippen molar-refractivity contribution in [1.29, 1.82) is 0 Å². The molecular formula is C9H12OSe. The summed E-state index contributed by atoms with van der Waals surface area (Å²) in [5.41, 5.74) is 0. The molecule has 0 amide bonds. The third-order valence-electron chi connectivity index (χ3n) is 1.49. The van der Waals surface area contributed by atoms with Gasteiger partial charge in [-0.15, -0.1) is 0 Å². The van der Waals surface area contributed by atoms with E-state index in [9.17, 15) is 4.79 Å². The number of rotatable bonds is 3. The molecule has 0 spiro atoms. The van der Waals surface area contributed by atoms with Gasteiger partial charge in [0.05, 0.1) is 0 Å². The van der Waals surface area contributed by atoms with E-state index in [-0.39, 0.29) is 5.78 Å². The van der Waals surface area contributed by atoms with Crippen LogP contribution in [0.1, 0.15) is 22.7 Å². The Balaban J connectivity index is 2.65. The molecule has 0 N–H and O–H groups in total. The number of ketones is 1. The Bertz CT molecular complexity index is 250. The van der Waals surface area contributed by atoms with Crippen LogP contribution in [-0.4, -0.2) is 20.3 Å². The molecule has 60 valence electrons. The Morgan fingerprint density at radius 3 is 2.55 bits per heavy atom. The minimum absolute atomic E-state index is 0.281. The Hall–Kier alpha value is -0.331. The van der Waals surface area contributed by atoms with Gasteiger partial charge in [0.15, 0.2) is 0 Å². The van der Waals surface area contributed by atoms with Gasteiger partial charge in [-0.25, -0.2) is 0 Å². The fourth-order valence-electron chi connectivity index (χ4n) is 0.953. The van der Waals surface area contributed by atoms with Crippen LogP contribution in [0.3, 0.4) is 0 Å². The molecule has 0 saturated carbocycles. The summed E-state index contributed by atoms with van der Waals surface area (Å²) in [6.07, 6.45) is 1.80. The summed E-state index contributed by atoms with van der Waals surface area (Å²) in [6.45, 7) is 3.82. The van der Waals surface area contributed by atoms with Crippen molar-refractivity contribution in [2.24, 2.45) is 0 Å². The quantitative estimate of drug-likeness (QED) is 0.697. The molecule has 0 atom stereocenters. The molecule has 0 aliphatic heterocycles. The van der Waals surface area contributed by atoms with Crippen molar-refractivity contribution in [2.75, 3.05) is 0 Å². The Morgan fingerprint density at radius 2 is 2.09 bits per heavy atom. The predicted octanol–water partition coefficient (Wildman–Crippen LogP) is 1.44. The molecule has 1 heterocycles. The zero-order valence-corrected chi connectivity index (χ0v) is 8.60. The number of hydrogen-bond acceptors (Lipinski definition) is 1. The Labute approximate surface area is 73.2 Å². The van der Waals surface area contributed by atoms with E-state index in [1.54, 1.807) is 6.92 Å². The van der Waals surface area contributed by atoms with Crippen LogP contribution in [0.25, 0.3) is 0 Å². The van der Waals surface area contributed by atoms with Gasteiger partial charge in [-0.2, -0.15) is 0 Å². The van der Waals surface area contributed by atoms with Crippen molar-refractivity contribution >= 4 is 20.3 Å². The van der Waals surface area contributed by atoms with Crippen molar-refractivity contribution in [1.82, 2.24) is 0 Å². The van der Waals surface area contributed by atoms with E-state index in [1.807, 2.05) is 0 Å². The van der Waals surface area contributed by atoms with Crippen LogP contribution in [0.4, 0.5) is 0 Å². The van der Waals surface area contributed by atoms with Crippen molar-refractivity contribution in [3.8, 4) is 0 Å². The summed E-state index contributed by atoms with van der Waals surface area (Å²) in [6, 6.07) is 4.28. The molecule has 2 heteroatoms. The maximum absolute atomic E-state index is 10.7. The van der Waals surface area contributed by atoms with Crippen LogP contribution >= 0.6 is 0 Å². The van der Waals surface area contributed by atoms with Crippen LogP contribution in [0.5, 0.6) is 0 Å². The molecule has 1 aromatic rings. The van der Waals surface area contributed by atoms with E-state index in [4.69, 9.17) is 0 Å². The second-order valence-electron chi connectivity index (χ2n) is 2.60. The van der Waals surface area contributed by atoms with Crippen LogP contribution in [0, 0.1) is 0 Å². The van der Waals surface area contributed by atoms with Crippen LogP contribution in [-0.2, 0) is 17.6 Å². The second kappa shape index (κ2) is 3.89. The van der Waals surface area contributed by atoms with Gasteiger partial charge in [-0.1, -0.05) is 0 Å². The van der Waals surface area contributed by atoms with E-state index in [0.29, 0.717) is 20.9 Å². The summed E-state index contributed by atoms with van der Waals surface area (Å²) in [4.78, 5) is 10.7. The normalized spacial score (nSPS) is 10.0. The second-order valence-corrected chi connectivity index (χ2v) is 5.23. The topological polar surface area (TPSA) is 17.1 Å². The van der Waals surface area contributed by atoms with Crippen molar-refractivity contribution in [2.45, 2.75) is 26.7 Å². The van der Waals surface area contributed by atoms with E-state index in [0.717, 1.165) is 6.42 Å². The summed E-state index contributed by atoms with van der Waals surface area (Å²) < 4.78 is 2.84. The molecule has 1 nitrogen and oxygen atoms in total. The number of Topliss-reactive ketones (excluding diaryl/α,β-unsaturated/α-hetero) is 1. The Kier molecular flexibility index (Phi) is 3.10. The molecule has 0 aliphatic rings. The number of carbonyl (C=O) groups is 1. The minimum atomic E-state index is 0.281. The molecule has 0 aliphatic carbocycles. The zero-order chi connectivity index (χ0) is 8.27. The fourth-order valence-corrected chi connectivity index (χ4v) is 3.11. The molecule has 1 aromatic heterocycles. The molecule has 0 fully saturated rings. The van der Waals surface area contributed by atoms with Gasteiger partial charge >= 0.3 is 72.8 Å². The average Bonchev–Trinajstić information content (AvgIpc) is 2.34.